The molecule has 1 unspecified atom stereocenters. The Labute approximate surface area is 88.1 Å². The van der Waals surface area contributed by atoms with E-state index in [0.29, 0.717) is 5.56 Å². The molecule has 0 fully saturated rings. The highest BCUT2D eigenvalue weighted by molar-refractivity contribution is 5.66. The molecule has 1 rings (SSSR count). The van der Waals surface area contributed by atoms with Crippen molar-refractivity contribution < 1.29 is 19.7 Å². The Hall–Kier alpha value is -1.39. The molecule has 4 heteroatoms. The Kier molecular flexibility index (Phi) is 3.82. The van der Waals surface area contributed by atoms with Crippen LogP contribution < -0.4 is 0 Å². The minimum Gasteiger partial charge on any atom is -0.462 e. The van der Waals surface area contributed by atoms with Gasteiger partial charge in [0.1, 0.15) is 12.2 Å². The molecule has 0 aliphatic carbocycles. The predicted octanol–water partition coefficient (Wildman–Crippen LogP) is 0.430. The molecule has 2 N–H and O–H groups in total. The Morgan fingerprint density at radius 3 is 2.47 bits per heavy atom. The summed E-state index contributed by atoms with van der Waals surface area (Å²) in [5.74, 6) is -0.488. The highest BCUT2D eigenvalue weighted by atomic mass is 16.5. The number of hydrogen-bond donors (Lipinski definition) is 2. The molecular weight excluding hydrogens is 196 g/mol. The smallest absolute Gasteiger partial charge is 0.302 e. The van der Waals surface area contributed by atoms with E-state index in [9.17, 15) is 9.90 Å². The first-order chi connectivity index (χ1) is 7.08. The van der Waals surface area contributed by atoms with Gasteiger partial charge in [-0.15, -0.1) is 0 Å². The largest absolute Gasteiger partial charge is 0.462 e. The van der Waals surface area contributed by atoms with Crippen molar-refractivity contribution in [2.24, 2.45) is 0 Å². The lowest BCUT2D eigenvalue weighted by Gasteiger charge is -2.25. The number of carbonyl (C=O) groups excluding carboxylic acids is 1. The van der Waals surface area contributed by atoms with Crippen LogP contribution in [0.4, 0.5) is 0 Å². The zero-order chi connectivity index (χ0) is 11.3. The van der Waals surface area contributed by atoms with Gasteiger partial charge in [-0.25, -0.2) is 0 Å². The number of rotatable bonds is 4. The van der Waals surface area contributed by atoms with E-state index in [-0.39, 0.29) is 6.61 Å². The Bertz CT molecular complexity index is 323. The number of carbonyl (C=O) groups is 1. The van der Waals surface area contributed by atoms with Crippen molar-refractivity contribution in [1.82, 2.24) is 0 Å². The molecule has 0 heterocycles. The van der Waals surface area contributed by atoms with E-state index < -0.39 is 18.2 Å². The van der Waals surface area contributed by atoms with Crippen LogP contribution in [0.5, 0.6) is 0 Å². The molecule has 0 saturated carbocycles. The highest BCUT2D eigenvalue weighted by Crippen LogP contribution is 2.20. The molecule has 1 aromatic carbocycles. The van der Waals surface area contributed by atoms with E-state index in [1.165, 1.54) is 6.92 Å². The summed E-state index contributed by atoms with van der Waals surface area (Å²) in [5.41, 5.74) is -0.999. The van der Waals surface area contributed by atoms with E-state index in [2.05, 4.69) is 0 Å². The van der Waals surface area contributed by atoms with Gasteiger partial charge in [0.2, 0.25) is 0 Å². The maximum Gasteiger partial charge on any atom is 0.302 e. The van der Waals surface area contributed by atoms with Crippen LogP contribution in [0.15, 0.2) is 30.3 Å². The van der Waals surface area contributed by atoms with Gasteiger partial charge in [0.25, 0.3) is 0 Å². The molecule has 0 spiro atoms. The van der Waals surface area contributed by atoms with E-state index in [1.54, 1.807) is 30.3 Å². The Morgan fingerprint density at radius 1 is 1.40 bits per heavy atom. The van der Waals surface area contributed by atoms with Crippen LogP contribution in [0.1, 0.15) is 12.5 Å². The number of aliphatic hydroxyl groups is 2. The lowest BCUT2D eigenvalue weighted by Crippen LogP contribution is -2.36. The molecule has 1 aromatic rings. The third-order valence-corrected chi connectivity index (χ3v) is 2.09. The van der Waals surface area contributed by atoms with Crippen LogP contribution in [-0.4, -0.2) is 29.4 Å². The van der Waals surface area contributed by atoms with Gasteiger partial charge in [-0.3, -0.25) is 4.79 Å². The second-order valence-corrected chi connectivity index (χ2v) is 3.34. The standard InChI is InChI=1S/C11H14O4/c1-9(13)15-8-11(14,7-12)10-5-3-2-4-6-10/h2-6,12,14H,7-8H2,1H3. The van der Waals surface area contributed by atoms with Crippen molar-refractivity contribution in [2.75, 3.05) is 13.2 Å². The van der Waals surface area contributed by atoms with Crippen LogP contribution in [0.25, 0.3) is 0 Å². The van der Waals surface area contributed by atoms with E-state index in [0.717, 1.165) is 0 Å². The first-order valence-electron chi connectivity index (χ1n) is 4.60. The number of aliphatic hydroxyl groups excluding tert-OH is 1. The van der Waals surface area contributed by atoms with Crippen molar-refractivity contribution >= 4 is 5.97 Å². The summed E-state index contributed by atoms with van der Waals surface area (Å²) < 4.78 is 4.70. The van der Waals surface area contributed by atoms with Gasteiger partial charge in [-0.1, -0.05) is 30.3 Å². The lowest BCUT2D eigenvalue weighted by atomic mass is 9.96. The molecule has 0 aromatic heterocycles. The van der Waals surface area contributed by atoms with Crippen LogP contribution in [-0.2, 0) is 15.1 Å². The first-order valence-corrected chi connectivity index (χ1v) is 4.60. The normalized spacial score (nSPS) is 14.3. The van der Waals surface area contributed by atoms with Crippen molar-refractivity contribution in [1.29, 1.82) is 0 Å². The van der Waals surface area contributed by atoms with Crippen molar-refractivity contribution in [3.8, 4) is 0 Å². The molecule has 1 atom stereocenters. The molecule has 0 radical (unpaired) electrons. The maximum atomic E-state index is 10.6. The predicted molar refractivity (Wildman–Crippen MR) is 54.1 cm³/mol. The lowest BCUT2D eigenvalue weighted by molar-refractivity contribution is -0.152. The fraction of sp³-hybridized carbons (Fsp3) is 0.364. The molecule has 82 valence electrons. The summed E-state index contributed by atoms with van der Waals surface area (Å²) in [5, 5.41) is 19.1. The zero-order valence-corrected chi connectivity index (χ0v) is 8.51. The van der Waals surface area contributed by atoms with Gasteiger partial charge in [0.05, 0.1) is 6.61 Å². The molecule has 0 aliphatic rings. The molecule has 0 bridgehead atoms. The van der Waals surface area contributed by atoms with Crippen LogP contribution >= 0.6 is 0 Å². The Balaban J connectivity index is 2.80. The molecular formula is C11H14O4. The van der Waals surface area contributed by atoms with Crippen molar-refractivity contribution in [3.63, 3.8) is 0 Å². The third-order valence-electron chi connectivity index (χ3n) is 2.09. The van der Waals surface area contributed by atoms with Gasteiger partial charge in [0.15, 0.2) is 0 Å². The molecule has 0 aliphatic heterocycles. The van der Waals surface area contributed by atoms with Gasteiger partial charge in [0, 0.05) is 6.92 Å². The molecule has 4 nitrogen and oxygen atoms in total. The van der Waals surface area contributed by atoms with E-state index >= 15 is 0 Å². The average molecular weight is 210 g/mol. The number of benzene rings is 1. The molecule has 0 amide bonds. The van der Waals surface area contributed by atoms with Gasteiger partial charge >= 0.3 is 5.97 Å². The third kappa shape index (κ3) is 3.04. The van der Waals surface area contributed by atoms with E-state index in [4.69, 9.17) is 9.84 Å². The zero-order valence-electron chi connectivity index (χ0n) is 8.51. The average Bonchev–Trinajstić information content (AvgIpc) is 2.27. The molecule has 0 saturated heterocycles. The summed E-state index contributed by atoms with van der Waals surface area (Å²) in [4.78, 5) is 10.6. The van der Waals surface area contributed by atoms with Crippen molar-refractivity contribution in [2.45, 2.75) is 12.5 Å². The Morgan fingerprint density at radius 2 is 2.00 bits per heavy atom. The topological polar surface area (TPSA) is 66.8 Å². The van der Waals surface area contributed by atoms with Gasteiger partial charge < -0.3 is 14.9 Å². The fourth-order valence-electron chi connectivity index (χ4n) is 1.19. The van der Waals surface area contributed by atoms with Crippen molar-refractivity contribution in [3.05, 3.63) is 35.9 Å². The first kappa shape index (κ1) is 11.7. The number of esters is 1. The summed E-state index contributed by atoms with van der Waals surface area (Å²) in [7, 11) is 0. The highest BCUT2D eigenvalue weighted by Gasteiger charge is 2.29. The SMILES string of the molecule is CC(=O)OCC(O)(CO)c1ccccc1. The van der Waals surface area contributed by atoms with Gasteiger partial charge in [-0.05, 0) is 5.56 Å². The van der Waals surface area contributed by atoms with Crippen LogP contribution in [0.3, 0.4) is 0 Å². The number of hydrogen-bond acceptors (Lipinski definition) is 4. The fourth-order valence-corrected chi connectivity index (χ4v) is 1.19. The molecule has 15 heavy (non-hydrogen) atoms. The summed E-state index contributed by atoms with van der Waals surface area (Å²) in [6.45, 7) is 0.510. The monoisotopic (exact) mass is 210 g/mol. The maximum absolute atomic E-state index is 10.6. The van der Waals surface area contributed by atoms with E-state index in [1.807, 2.05) is 0 Å². The van der Waals surface area contributed by atoms with Gasteiger partial charge in [-0.2, -0.15) is 0 Å². The second-order valence-electron chi connectivity index (χ2n) is 3.34. The minimum atomic E-state index is -1.52. The number of ether oxygens (including phenoxy) is 1. The quantitative estimate of drug-likeness (QED) is 0.707. The summed E-state index contributed by atoms with van der Waals surface area (Å²) >= 11 is 0. The summed E-state index contributed by atoms with van der Waals surface area (Å²) in [6.07, 6.45) is 0. The van der Waals surface area contributed by atoms with Crippen LogP contribution in [0.2, 0.25) is 0 Å². The summed E-state index contributed by atoms with van der Waals surface area (Å²) in [6, 6.07) is 8.61. The van der Waals surface area contributed by atoms with Crippen LogP contribution in [0, 0.1) is 0 Å². The second kappa shape index (κ2) is 4.91. The minimum absolute atomic E-state index is 0.247.